The second-order valence-corrected chi connectivity index (χ2v) is 5.33. The van der Waals surface area contributed by atoms with Crippen molar-refractivity contribution < 1.29 is 19.1 Å². The fourth-order valence-corrected chi connectivity index (χ4v) is 1.45. The number of ether oxygens (including phenoxy) is 2. The van der Waals surface area contributed by atoms with Crippen LogP contribution >= 0.6 is 0 Å². The second-order valence-electron chi connectivity index (χ2n) is 5.33. The minimum absolute atomic E-state index is 0.0420. The molecule has 0 aliphatic heterocycles. The number of hydrogen-bond donors (Lipinski definition) is 1. The molecule has 1 rings (SSSR count). The first-order valence-electron chi connectivity index (χ1n) is 6.81. The Morgan fingerprint density at radius 3 is 2.71 bits per heavy atom. The highest BCUT2D eigenvalue weighted by atomic mass is 16.6. The molecule has 0 radical (unpaired) electrons. The third-order valence-electron chi connectivity index (χ3n) is 2.20. The maximum Gasteiger partial charge on any atom is 0.407 e. The number of hydrogen-bond acceptors (Lipinski definition) is 6. The Labute approximate surface area is 123 Å². The Bertz CT molecular complexity index is 479. The van der Waals surface area contributed by atoms with Gasteiger partial charge in [0.2, 0.25) is 0 Å². The lowest BCUT2D eigenvalue weighted by molar-refractivity contribution is -0.142. The molecule has 0 unspecified atom stereocenters. The van der Waals surface area contributed by atoms with Crippen LogP contribution in [0.4, 0.5) is 4.79 Å². The molecule has 21 heavy (non-hydrogen) atoms. The Balaban J connectivity index is 2.32. The van der Waals surface area contributed by atoms with Gasteiger partial charge < -0.3 is 14.8 Å². The Hall–Kier alpha value is -2.12. The van der Waals surface area contributed by atoms with Crippen molar-refractivity contribution in [3.05, 3.63) is 12.2 Å². The van der Waals surface area contributed by atoms with Crippen molar-refractivity contribution in [2.45, 2.75) is 46.3 Å². The Morgan fingerprint density at radius 2 is 2.10 bits per heavy atom. The standard InChI is InChI=1S/C13H22N4O4/c1-5-20-11(18)8-10-15-9-17(16-10)7-6-14-12(19)21-13(2,3)4/h9H,5-8H2,1-4H3,(H,14,19). The van der Waals surface area contributed by atoms with Gasteiger partial charge in [-0.05, 0) is 27.7 Å². The minimum Gasteiger partial charge on any atom is -0.466 e. The molecule has 1 N–H and O–H groups in total. The summed E-state index contributed by atoms with van der Waals surface area (Å²) in [6.45, 7) is 8.26. The van der Waals surface area contributed by atoms with Crippen molar-refractivity contribution in [2.75, 3.05) is 13.2 Å². The molecule has 0 saturated heterocycles. The molecule has 0 aliphatic carbocycles. The number of nitrogens with one attached hydrogen (secondary N) is 1. The van der Waals surface area contributed by atoms with Crippen LogP contribution < -0.4 is 5.32 Å². The lowest BCUT2D eigenvalue weighted by Crippen LogP contribution is -2.34. The normalized spacial score (nSPS) is 11.0. The Kier molecular flexibility index (Phi) is 6.13. The van der Waals surface area contributed by atoms with Gasteiger partial charge in [0.1, 0.15) is 18.3 Å². The number of nitrogens with zero attached hydrogens (tertiary/aromatic N) is 3. The fourth-order valence-electron chi connectivity index (χ4n) is 1.45. The first-order valence-corrected chi connectivity index (χ1v) is 6.81. The minimum atomic E-state index is -0.524. The third kappa shape index (κ3) is 7.28. The lowest BCUT2D eigenvalue weighted by atomic mass is 10.2. The van der Waals surface area contributed by atoms with Crippen LogP contribution in [0.3, 0.4) is 0 Å². The first kappa shape index (κ1) is 16.9. The van der Waals surface area contributed by atoms with Gasteiger partial charge in [-0.15, -0.1) is 0 Å². The van der Waals surface area contributed by atoms with Gasteiger partial charge in [0.15, 0.2) is 5.82 Å². The molecule has 1 aromatic rings. The predicted molar refractivity (Wildman–Crippen MR) is 74.6 cm³/mol. The van der Waals surface area contributed by atoms with E-state index in [1.54, 1.807) is 32.4 Å². The highest BCUT2D eigenvalue weighted by molar-refractivity contribution is 5.71. The number of esters is 1. The summed E-state index contributed by atoms with van der Waals surface area (Å²) < 4.78 is 11.5. The van der Waals surface area contributed by atoms with Crippen LogP contribution in [-0.2, 0) is 27.2 Å². The van der Waals surface area contributed by atoms with Crippen molar-refractivity contribution in [1.29, 1.82) is 0 Å². The van der Waals surface area contributed by atoms with Gasteiger partial charge in [0.05, 0.1) is 13.2 Å². The molecule has 1 heterocycles. The molecule has 1 amide bonds. The van der Waals surface area contributed by atoms with E-state index in [1.807, 2.05) is 0 Å². The van der Waals surface area contributed by atoms with Gasteiger partial charge in [-0.3, -0.25) is 9.48 Å². The zero-order chi connectivity index (χ0) is 15.9. The quantitative estimate of drug-likeness (QED) is 0.784. The first-order chi connectivity index (χ1) is 9.80. The molecule has 0 saturated carbocycles. The summed E-state index contributed by atoms with van der Waals surface area (Å²) in [6, 6.07) is 0. The van der Waals surface area contributed by atoms with Crippen LogP contribution in [-0.4, -0.2) is 45.6 Å². The summed E-state index contributed by atoms with van der Waals surface area (Å²) >= 11 is 0. The third-order valence-corrected chi connectivity index (χ3v) is 2.20. The van der Waals surface area contributed by atoms with E-state index in [0.29, 0.717) is 25.5 Å². The second kappa shape index (κ2) is 7.61. The molecular formula is C13H22N4O4. The van der Waals surface area contributed by atoms with Crippen molar-refractivity contribution in [3.63, 3.8) is 0 Å². The van der Waals surface area contributed by atoms with Crippen LogP contribution in [0.15, 0.2) is 6.33 Å². The van der Waals surface area contributed by atoms with Gasteiger partial charge in [-0.1, -0.05) is 0 Å². The molecule has 0 bridgehead atoms. The van der Waals surface area contributed by atoms with E-state index in [4.69, 9.17) is 9.47 Å². The average Bonchev–Trinajstić information content (AvgIpc) is 2.74. The molecule has 0 fully saturated rings. The molecule has 118 valence electrons. The van der Waals surface area contributed by atoms with Crippen molar-refractivity contribution in [2.24, 2.45) is 0 Å². The number of carbonyl (C=O) groups is 2. The molecule has 8 heteroatoms. The maximum absolute atomic E-state index is 11.4. The fraction of sp³-hybridized carbons (Fsp3) is 0.692. The van der Waals surface area contributed by atoms with E-state index in [-0.39, 0.29) is 12.4 Å². The van der Waals surface area contributed by atoms with E-state index in [0.717, 1.165) is 0 Å². The molecule has 0 spiro atoms. The van der Waals surface area contributed by atoms with Crippen LogP contribution in [0.1, 0.15) is 33.5 Å². The molecule has 0 atom stereocenters. The van der Waals surface area contributed by atoms with Crippen molar-refractivity contribution >= 4 is 12.1 Å². The summed E-state index contributed by atoms with van der Waals surface area (Å²) in [5.74, 6) is 0.0350. The van der Waals surface area contributed by atoms with Crippen LogP contribution in [0.25, 0.3) is 0 Å². The van der Waals surface area contributed by atoms with E-state index in [9.17, 15) is 9.59 Å². The van der Waals surface area contributed by atoms with E-state index < -0.39 is 11.7 Å². The molecule has 0 aliphatic rings. The molecule has 8 nitrogen and oxygen atoms in total. The highest BCUT2D eigenvalue weighted by Crippen LogP contribution is 2.06. The zero-order valence-electron chi connectivity index (χ0n) is 12.9. The number of amides is 1. The van der Waals surface area contributed by atoms with Crippen molar-refractivity contribution in [3.8, 4) is 0 Å². The smallest absolute Gasteiger partial charge is 0.407 e. The van der Waals surface area contributed by atoms with Crippen molar-refractivity contribution in [1.82, 2.24) is 20.1 Å². The summed E-state index contributed by atoms with van der Waals surface area (Å²) in [5, 5.41) is 6.73. The number of aromatic nitrogens is 3. The van der Waals surface area contributed by atoms with Gasteiger partial charge in [-0.2, -0.15) is 5.10 Å². The van der Waals surface area contributed by atoms with Crippen LogP contribution in [0.2, 0.25) is 0 Å². The number of rotatable bonds is 6. The maximum atomic E-state index is 11.4. The highest BCUT2D eigenvalue weighted by Gasteiger charge is 2.15. The summed E-state index contributed by atoms with van der Waals surface area (Å²) in [7, 11) is 0. The SMILES string of the molecule is CCOC(=O)Cc1ncn(CCNC(=O)OC(C)(C)C)n1. The monoisotopic (exact) mass is 298 g/mol. The van der Waals surface area contributed by atoms with E-state index in [1.165, 1.54) is 6.33 Å². The summed E-state index contributed by atoms with van der Waals surface area (Å²) in [5.41, 5.74) is -0.524. The summed E-state index contributed by atoms with van der Waals surface area (Å²) in [6.07, 6.45) is 1.07. The van der Waals surface area contributed by atoms with Gasteiger partial charge >= 0.3 is 12.1 Å². The summed E-state index contributed by atoms with van der Waals surface area (Å²) in [4.78, 5) is 26.7. The topological polar surface area (TPSA) is 95.3 Å². The van der Waals surface area contributed by atoms with E-state index in [2.05, 4.69) is 15.4 Å². The number of alkyl carbamates (subject to hydrolysis) is 1. The van der Waals surface area contributed by atoms with Crippen LogP contribution in [0.5, 0.6) is 0 Å². The van der Waals surface area contributed by atoms with E-state index >= 15 is 0 Å². The Morgan fingerprint density at radius 1 is 1.38 bits per heavy atom. The zero-order valence-corrected chi connectivity index (χ0v) is 12.9. The largest absolute Gasteiger partial charge is 0.466 e. The van der Waals surface area contributed by atoms with Crippen LogP contribution in [0, 0.1) is 0 Å². The average molecular weight is 298 g/mol. The lowest BCUT2D eigenvalue weighted by Gasteiger charge is -2.19. The number of carbonyl (C=O) groups excluding carboxylic acids is 2. The molecular weight excluding hydrogens is 276 g/mol. The van der Waals surface area contributed by atoms with Gasteiger partial charge in [-0.25, -0.2) is 9.78 Å². The van der Waals surface area contributed by atoms with Gasteiger partial charge in [0, 0.05) is 6.54 Å². The molecule has 1 aromatic heterocycles. The predicted octanol–water partition coefficient (Wildman–Crippen LogP) is 0.908. The van der Waals surface area contributed by atoms with Gasteiger partial charge in [0.25, 0.3) is 0 Å². The molecule has 0 aromatic carbocycles.